The van der Waals surface area contributed by atoms with E-state index in [1.54, 1.807) is 0 Å². The Morgan fingerprint density at radius 3 is 2.28 bits per heavy atom. The molecule has 4 unspecified atom stereocenters. The van der Waals surface area contributed by atoms with Crippen LogP contribution in [0.1, 0.15) is 91.5 Å². The minimum absolute atomic E-state index is 0.167. The Morgan fingerprint density at radius 2 is 1.72 bits per heavy atom. The average Bonchev–Trinajstić information content (AvgIpc) is 2.55. The topological polar surface area (TPSA) is 18.5 Å². The van der Waals surface area contributed by atoms with Crippen molar-refractivity contribution in [1.29, 1.82) is 0 Å². The highest BCUT2D eigenvalue weighted by Gasteiger charge is 2.28. The van der Waals surface area contributed by atoms with Crippen LogP contribution in [0.2, 0.25) is 0 Å². The second-order valence-corrected chi connectivity index (χ2v) is 9.13. The summed E-state index contributed by atoms with van der Waals surface area (Å²) in [5, 5.41) is 0. The number of rotatable bonds is 7. The lowest BCUT2D eigenvalue weighted by molar-refractivity contribution is -0.155. The van der Waals surface area contributed by atoms with E-state index in [-0.39, 0.29) is 11.7 Å². The molecule has 25 heavy (non-hydrogen) atoms. The van der Waals surface area contributed by atoms with Crippen molar-refractivity contribution in [3.05, 3.63) is 29.8 Å². The van der Waals surface area contributed by atoms with Gasteiger partial charge in [-0.15, -0.1) is 0 Å². The molecule has 4 atom stereocenters. The largest absolute Gasteiger partial charge is 0.465 e. The number of ether oxygens (including phenoxy) is 2. The summed E-state index contributed by atoms with van der Waals surface area (Å²) < 4.78 is 12.7. The molecule has 0 saturated heterocycles. The molecule has 0 N–H and O–H groups in total. The fraction of sp³-hybridized carbons (Fsp3) is 0.739. The van der Waals surface area contributed by atoms with Gasteiger partial charge in [0.25, 0.3) is 0 Å². The van der Waals surface area contributed by atoms with Gasteiger partial charge in [0.05, 0.1) is 6.10 Å². The third kappa shape index (κ3) is 6.66. The van der Waals surface area contributed by atoms with Crippen molar-refractivity contribution in [3.8, 4) is 5.75 Å². The minimum atomic E-state index is -0.167. The lowest BCUT2D eigenvalue weighted by Crippen LogP contribution is -2.35. The average molecular weight is 347 g/mol. The van der Waals surface area contributed by atoms with Gasteiger partial charge in [0.1, 0.15) is 5.75 Å². The highest BCUT2D eigenvalue weighted by molar-refractivity contribution is 5.29. The van der Waals surface area contributed by atoms with Gasteiger partial charge in [-0.3, -0.25) is 0 Å². The zero-order valence-corrected chi connectivity index (χ0v) is 17.2. The molecule has 1 aliphatic rings. The number of benzene rings is 1. The van der Waals surface area contributed by atoms with Crippen LogP contribution in [0.25, 0.3) is 0 Å². The van der Waals surface area contributed by atoms with E-state index in [4.69, 9.17) is 9.47 Å². The minimum Gasteiger partial charge on any atom is -0.465 e. The SMILES string of the molecule is CCC(C)c1ccc(OC(CC(C)(C)C)OC2CCCCC2C)cc1. The van der Waals surface area contributed by atoms with Gasteiger partial charge in [-0.05, 0) is 54.2 Å². The summed E-state index contributed by atoms with van der Waals surface area (Å²) in [6.45, 7) is 13.6. The molecular weight excluding hydrogens is 308 g/mol. The summed E-state index contributed by atoms with van der Waals surface area (Å²) in [5.74, 6) is 2.15. The number of hydrogen-bond acceptors (Lipinski definition) is 2. The van der Waals surface area contributed by atoms with Crippen LogP contribution in [0.4, 0.5) is 0 Å². The molecule has 142 valence electrons. The van der Waals surface area contributed by atoms with E-state index in [1.807, 2.05) is 0 Å². The number of hydrogen-bond donors (Lipinski definition) is 0. The third-order valence-corrected chi connectivity index (χ3v) is 5.47. The zero-order chi connectivity index (χ0) is 18.4. The maximum Gasteiger partial charge on any atom is 0.200 e. The van der Waals surface area contributed by atoms with Crippen molar-refractivity contribution in [3.63, 3.8) is 0 Å². The first kappa shape index (κ1) is 20.3. The van der Waals surface area contributed by atoms with E-state index in [9.17, 15) is 0 Å². The van der Waals surface area contributed by atoms with E-state index in [0.717, 1.165) is 25.0 Å². The van der Waals surface area contributed by atoms with Gasteiger partial charge in [0.2, 0.25) is 6.29 Å². The first-order chi connectivity index (χ1) is 11.8. The lowest BCUT2D eigenvalue weighted by atomic mass is 9.87. The van der Waals surface area contributed by atoms with Crippen molar-refractivity contribution < 1.29 is 9.47 Å². The van der Waals surface area contributed by atoms with Crippen LogP contribution in [0.5, 0.6) is 5.75 Å². The monoisotopic (exact) mass is 346 g/mol. The Morgan fingerprint density at radius 1 is 1.08 bits per heavy atom. The summed E-state index contributed by atoms with van der Waals surface area (Å²) in [5.41, 5.74) is 1.56. The van der Waals surface area contributed by atoms with E-state index in [0.29, 0.717) is 17.9 Å². The van der Waals surface area contributed by atoms with Gasteiger partial charge in [-0.1, -0.05) is 66.5 Å². The molecule has 0 aromatic heterocycles. The maximum atomic E-state index is 6.46. The standard InChI is InChI=1S/C23H38O2/c1-7-17(2)19-12-14-20(15-13-19)24-22(16-23(4,5)6)25-21-11-9-8-10-18(21)3/h12-15,17-18,21-22H,7-11,16H2,1-6H3. The Balaban J connectivity index is 2.04. The molecule has 0 amide bonds. The molecule has 1 aromatic carbocycles. The molecular formula is C23H38O2. The zero-order valence-electron chi connectivity index (χ0n) is 17.2. The quantitative estimate of drug-likeness (QED) is 0.498. The van der Waals surface area contributed by atoms with Crippen molar-refractivity contribution in [2.75, 3.05) is 0 Å². The van der Waals surface area contributed by atoms with Crippen LogP contribution >= 0.6 is 0 Å². The van der Waals surface area contributed by atoms with Gasteiger partial charge in [-0.2, -0.15) is 0 Å². The molecule has 0 heterocycles. The maximum absolute atomic E-state index is 6.46. The van der Waals surface area contributed by atoms with Crippen molar-refractivity contribution >= 4 is 0 Å². The van der Waals surface area contributed by atoms with E-state index in [1.165, 1.54) is 24.8 Å². The van der Waals surface area contributed by atoms with Gasteiger partial charge < -0.3 is 9.47 Å². The smallest absolute Gasteiger partial charge is 0.200 e. The van der Waals surface area contributed by atoms with Crippen molar-refractivity contribution in [1.82, 2.24) is 0 Å². The Hall–Kier alpha value is -1.02. The molecule has 1 saturated carbocycles. The van der Waals surface area contributed by atoms with Crippen LogP contribution in [-0.4, -0.2) is 12.4 Å². The molecule has 1 aliphatic carbocycles. The Labute approximate surface area is 155 Å². The molecule has 2 nitrogen and oxygen atoms in total. The second kappa shape index (κ2) is 9.07. The lowest BCUT2D eigenvalue weighted by Gasteiger charge is -2.34. The van der Waals surface area contributed by atoms with Crippen LogP contribution < -0.4 is 4.74 Å². The van der Waals surface area contributed by atoms with Crippen LogP contribution in [0.15, 0.2) is 24.3 Å². The van der Waals surface area contributed by atoms with E-state index < -0.39 is 0 Å². The molecule has 0 radical (unpaired) electrons. The normalized spacial score (nSPS) is 23.9. The summed E-state index contributed by atoms with van der Waals surface area (Å²) in [7, 11) is 0. The molecule has 0 aliphatic heterocycles. The van der Waals surface area contributed by atoms with E-state index >= 15 is 0 Å². The van der Waals surface area contributed by atoms with Gasteiger partial charge in [0.15, 0.2) is 0 Å². The summed E-state index contributed by atoms with van der Waals surface area (Å²) >= 11 is 0. The highest BCUT2D eigenvalue weighted by Crippen LogP contribution is 2.32. The molecule has 1 aromatic rings. The molecule has 0 bridgehead atoms. The van der Waals surface area contributed by atoms with Gasteiger partial charge in [0, 0.05) is 6.42 Å². The first-order valence-corrected chi connectivity index (χ1v) is 10.2. The Kier molecular flexibility index (Phi) is 7.37. The summed E-state index contributed by atoms with van der Waals surface area (Å²) in [4.78, 5) is 0. The third-order valence-electron chi connectivity index (χ3n) is 5.47. The summed E-state index contributed by atoms with van der Waals surface area (Å²) in [6, 6.07) is 8.59. The van der Waals surface area contributed by atoms with Crippen molar-refractivity contribution in [2.45, 2.75) is 98.4 Å². The molecule has 0 spiro atoms. The Bertz CT molecular complexity index is 500. The molecule has 1 fully saturated rings. The fourth-order valence-electron chi connectivity index (χ4n) is 3.56. The molecule has 2 heteroatoms. The predicted octanol–water partition coefficient (Wildman–Crippen LogP) is 6.94. The van der Waals surface area contributed by atoms with E-state index in [2.05, 4.69) is 65.8 Å². The van der Waals surface area contributed by atoms with Gasteiger partial charge in [-0.25, -0.2) is 0 Å². The predicted molar refractivity (Wildman–Crippen MR) is 106 cm³/mol. The van der Waals surface area contributed by atoms with Crippen LogP contribution in [0.3, 0.4) is 0 Å². The van der Waals surface area contributed by atoms with Crippen LogP contribution in [0, 0.1) is 11.3 Å². The first-order valence-electron chi connectivity index (χ1n) is 10.2. The van der Waals surface area contributed by atoms with Crippen molar-refractivity contribution in [2.24, 2.45) is 11.3 Å². The second-order valence-electron chi connectivity index (χ2n) is 9.13. The fourth-order valence-corrected chi connectivity index (χ4v) is 3.56. The highest BCUT2D eigenvalue weighted by atomic mass is 16.7. The van der Waals surface area contributed by atoms with Crippen LogP contribution in [-0.2, 0) is 4.74 Å². The molecule has 2 rings (SSSR count). The summed E-state index contributed by atoms with van der Waals surface area (Å²) in [6.07, 6.45) is 7.29. The van der Waals surface area contributed by atoms with Gasteiger partial charge >= 0.3 is 0 Å².